The van der Waals surface area contributed by atoms with E-state index in [0.717, 1.165) is 5.56 Å². The smallest absolute Gasteiger partial charge is 0.410 e. The Labute approximate surface area is 228 Å². The molecule has 0 atom stereocenters. The van der Waals surface area contributed by atoms with Crippen molar-refractivity contribution in [1.29, 1.82) is 0 Å². The minimum Gasteiger partial charge on any atom is -0.444 e. The predicted molar refractivity (Wildman–Crippen MR) is 146 cm³/mol. The molecule has 1 aromatic heterocycles. The Morgan fingerprint density at radius 2 is 1.57 bits per heavy atom. The van der Waals surface area contributed by atoms with Gasteiger partial charge in [-0.15, -0.1) is 0 Å². The molecular formula is C26H34Cl2N6O3. The highest BCUT2D eigenvalue weighted by Crippen LogP contribution is 2.39. The van der Waals surface area contributed by atoms with E-state index in [4.69, 9.17) is 27.9 Å². The van der Waals surface area contributed by atoms with E-state index in [0.29, 0.717) is 73.8 Å². The van der Waals surface area contributed by atoms with E-state index in [-0.39, 0.29) is 12.0 Å². The molecule has 0 saturated carbocycles. The Kier molecular flexibility index (Phi) is 8.04. The van der Waals surface area contributed by atoms with Crippen molar-refractivity contribution >= 4 is 46.8 Å². The number of benzene rings is 1. The molecule has 0 aliphatic carbocycles. The van der Waals surface area contributed by atoms with Gasteiger partial charge in [0.05, 0.1) is 5.41 Å². The third-order valence-corrected chi connectivity index (χ3v) is 7.55. The maximum Gasteiger partial charge on any atom is 0.410 e. The average molecular weight is 550 g/mol. The largest absolute Gasteiger partial charge is 0.444 e. The molecule has 9 nitrogen and oxygen atoms in total. The van der Waals surface area contributed by atoms with Gasteiger partial charge in [0.15, 0.2) is 5.82 Å². The highest BCUT2D eigenvalue weighted by atomic mass is 35.5. The van der Waals surface area contributed by atoms with Gasteiger partial charge in [0.25, 0.3) is 0 Å². The van der Waals surface area contributed by atoms with Gasteiger partial charge in [0.1, 0.15) is 22.8 Å². The molecule has 4 rings (SSSR count). The molecule has 0 unspecified atom stereocenters. The molecule has 2 aliphatic heterocycles. The van der Waals surface area contributed by atoms with Crippen molar-refractivity contribution in [2.45, 2.75) is 44.6 Å². The summed E-state index contributed by atoms with van der Waals surface area (Å²) in [5, 5.41) is 4.06. The van der Waals surface area contributed by atoms with Crippen LogP contribution >= 0.6 is 23.2 Å². The zero-order valence-electron chi connectivity index (χ0n) is 21.8. The van der Waals surface area contributed by atoms with Gasteiger partial charge < -0.3 is 24.8 Å². The molecule has 11 heteroatoms. The number of hydrogen-bond acceptors (Lipinski definition) is 7. The summed E-state index contributed by atoms with van der Waals surface area (Å²) >= 11 is 12.7. The Morgan fingerprint density at radius 1 is 0.946 bits per heavy atom. The Morgan fingerprint density at radius 3 is 2.14 bits per heavy atom. The molecule has 2 aromatic rings. The van der Waals surface area contributed by atoms with Crippen LogP contribution in [0.4, 0.5) is 16.4 Å². The summed E-state index contributed by atoms with van der Waals surface area (Å²) in [4.78, 5) is 41.0. The number of rotatable bonds is 4. The number of amides is 2. The fourth-order valence-corrected chi connectivity index (χ4v) is 5.41. The lowest BCUT2D eigenvalue weighted by Crippen LogP contribution is -2.58. The second kappa shape index (κ2) is 10.9. The number of likely N-dealkylation sites (tertiary alicyclic amines) is 1. The molecular weight excluding hydrogens is 515 g/mol. The van der Waals surface area contributed by atoms with Crippen molar-refractivity contribution in [3.05, 3.63) is 46.2 Å². The van der Waals surface area contributed by atoms with E-state index in [9.17, 15) is 9.59 Å². The summed E-state index contributed by atoms with van der Waals surface area (Å²) in [5.41, 5.74) is -0.389. The van der Waals surface area contributed by atoms with Crippen molar-refractivity contribution in [2.75, 3.05) is 56.5 Å². The van der Waals surface area contributed by atoms with Gasteiger partial charge in [-0.3, -0.25) is 4.79 Å². The van der Waals surface area contributed by atoms with E-state index >= 15 is 0 Å². The van der Waals surface area contributed by atoms with Gasteiger partial charge in [-0.05, 0) is 51.3 Å². The zero-order chi connectivity index (χ0) is 26.8. The predicted octanol–water partition coefficient (Wildman–Crippen LogP) is 4.44. The number of carbonyl (C=O) groups is 2. The van der Waals surface area contributed by atoms with Crippen molar-refractivity contribution < 1.29 is 14.3 Å². The number of piperidine rings is 1. The maximum absolute atomic E-state index is 14.2. The van der Waals surface area contributed by atoms with Crippen LogP contribution < -0.4 is 10.2 Å². The highest BCUT2D eigenvalue weighted by Gasteiger charge is 2.46. The molecule has 200 valence electrons. The first-order valence-corrected chi connectivity index (χ1v) is 13.3. The van der Waals surface area contributed by atoms with Gasteiger partial charge in [-0.1, -0.05) is 35.3 Å². The fourth-order valence-electron chi connectivity index (χ4n) is 4.97. The van der Waals surface area contributed by atoms with Crippen LogP contribution in [0, 0.1) is 0 Å². The highest BCUT2D eigenvalue weighted by molar-refractivity contribution is 6.35. The van der Waals surface area contributed by atoms with Crippen molar-refractivity contribution in [1.82, 2.24) is 19.8 Å². The number of nitrogens with one attached hydrogen (secondary N) is 1. The molecule has 0 bridgehead atoms. The van der Waals surface area contributed by atoms with Crippen LogP contribution in [0.25, 0.3) is 0 Å². The van der Waals surface area contributed by atoms with Crippen LogP contribution in [-0.2, 0) is 14.9 Å². The minimum absolute atomic E-state index is 0.0722. The first-order chi connectivity index (χ1) is 17.5. The third kappa shape index (κ3) is 5.88. The molecule has 1 N–H and O–H groups in total. The third-order valence-electron chi connectivity index (χ3n) is 6.95. The van der Waals surface area contributed by atoms with E-state index in [1.54, 1.807) is 11.9 Å². The number of aromatic nitrogens is 2. The number of piperazine rings is 1. The maximum atomic E-state index is 14.2. The monoisotopic (exact) mass is 548 g/mol. The molecule has 2 saturated heterocycles. The topological polar surface area (TPSA) is 90.9 Å². The molecule has 2 fully saturated rings. The molecule has 2 amide bonds. The van der Waals surface area contributed by atoms with Crippen LogP contribution in [-0.4, -0.2) is 83.7 Å². The van der Waals surface area contributed by atoms with E-state index in [1.165, 1.54) is 6.33 Å². The SMILES string of the molecule is CNc1ncnc(N2CCN(C(=O)C3(c4ccc(Cl)cc4)CCN(C(=O)OC(C)(C)C)CC3)CC2)c1Cl. The number of hydrogen-bond donors (Lipinski definition) is 1. The van der Waals surface area contributed by atoms with Gasteiger partial charge in [-0.25, -0.2) is 14.8 Å². The summed E-state index contributed by atoms with van der Waals surface area (Å²) in [5.74, 6) is 1.30. The van der Waals surface area contributed by atoms with Crippen LogP contribution in [0.5, 0.6) is 0 Å². The van der Waals surface area contributed by atoms with Crippen molar-refractivity contribution in [3.8, 4) is 0 Å². The van der Waals surface area contributed by atoms with Crippen LogP contribution in [0.3, 0.4) is 0 Å². The summed E-state index contributed by atoms with van der Waals surface area (Å²) in [6.07, 6.45) is 2.16. The van der Waals surface area contributed by atoms with Crippen molar-refractivity contribution in [3.63, 3.8) is 0 Å². The zero-order valence-corrected chi connectivity index (χ0v) is 23.3. The second-order valence-electron chi connectivity index (χ2n) is 10.4. The summed E-state index contributed by atoms with van der Waals surface area (Å²) in [6, 6.07) is 7.50. The van der Waals surface area contributed by atoms with Gasteiger partial charge in [0.2, 0.25) is 5.91 Å². The molecule has 3 heterocycles. The lowest BCUT2D eigenvalue weighted by molar-refractivity contribution is -0.140. The normalized spacial score (nSPS) is 17.9. The Hall–Kier alpha value is -2.78. The number of ether oxygens (including phenoxy) is 1. The van der Waals surface area contributed by atoms with Crippen molar-refractivity contribution in [2.24, 2.45) is 0 Å². The summed E-state index contributed by atoms with van der Waals surface area (Å²) in [6.45, 7) is 8.72. The van der Waals surface area contributed by atoms with E-state index < -0.39 is 11.0 Å². The summed E-state index contributed by atoms with van der Waals surface area (Å²) < 4.78 is 5.57. The van der Waals surface area contributed by atoms with Gasteiger partial charge in [-0.2, -0.15) is 0 Å². The Balaban J connectivity index is 1.51. The molecule has 1 aromatic carbocycles. The number of nitrogens with zero attached hydrogens (tertiary/aromatic N) is 5. The molecule has 37 heavy (non-hydrogen) atoms. The number of halogens is 2. The summed E-state index contributed by atoms with van der Waals surface area (Å²) in [7, 11) is 1.76. The lowest BCUT2D eigenvalue weighted by Gasteiger charge is -2.45. The molecule has 0 radical (unpaired) electrons. The standard InChI is InChI=1S/C26H34Cl2N6O3/c1-25(2,3)37-24(36)34-11-9-26(10-12-34,18-5-7-19(27)8-6-18)23(35)33-15-13-32(14-16-33)22-20(28)21(29-4)30-17-31-22/h5-8,17H,9-16H2,1-4H3,(H,29,30,31). The minimum atomic E-state index is -0.739. The van der Waals surface area contributed by atoms with Gasteiger partial charge >= 0.3 is 6.09 Å². The second-order valence-corrected chi connectivity index (χ2v) is 11.3. The fraction of sp³-hybridized carbons (Fsp3) is 0.538. The van der Waals surface area contributed by atoms with E-state index in [1.807, 2.05) is 49.9 Å². The molecule has 2 aliphatic rings. The van der Waals surface area contributed by atoms with E-state index in [2.05, 4.69) is 20.2 Å². The average Bonchev–Trinajstić information content (AvgIpc) is 2.88. The Bertz CT molecular complexity index is 1120. The quantitative estimate of drug-likeness (QED) is 0.603. The van der Waals surface area contributed by atoms with Gasteiger partial charge in [0, 0.05) is 51.3 Å². The van der Waals surface area contributed by atoms with Crippen LogP contribution in [0.1, 0.15) is 39.2 Å². The van der Waals surface area contributed by atoms with Crippen LogP contribution in [0.15, 0.2) is 30.6 Å². The number of carbonyl (C=O) groups excluding carboxylic acids is 2. The molecule has 0 spiro atoms. The number of anilines is 2. The lowest BCUT2D eigenvalue weighted by atomic mass is 9.71. The first kappa shape index (κ1) is 27.3. The van der Waals surface area contributed by atoms with Crippen LogP contribution in [0.2, 0.25) is 10.0 Å². The first-order valence-electron chi connectivity index (χ1n) is 12.5.